The van der Waals surface area contributed by atoms with Gasteiger partial charge in [-0.25, -0.2) is 0 Å². The van der Waals surface area contributed by atoms with Crippen molar-refractivity contribution in [1.82, 2.24) is 20.1 Å². The number of para-hydroxylation sites is 1. The number of hydrogen-bond donors (Lipinski definition) is 1. The van der Waals surface area contributed by atoms with Crippen molar-refractivity contribution in [1.29, 1.82) is 5.26 Å². The van der Waals surface area contributed by atoms with E-state index in [-0.39, 0.29) is 12.5 Å². The van der Waals surface area contributed by atoms with Crippen molar-refractivity contribution in [3.63, 3.8) is 0 Å². The highest BCUT2D eigenvalue weighted by molar-refractivity contribution is 8.00. The number of rotatable bonds is 7. The summed E-state index contributed by atoms with van der Waals surface area (Å²) in [5, 5.41) is 21.6. The number of nitriles is 1. The number of nitrogens with one attached hydrogen (secondary N) is 1. The van der Waals surface area contributed by atoms with E-state index in [9.17, 15) is 10.1 Å². The van der Waals surface area contributed by atoms with Crippen LogP contribution >= 0.6 is 23.4 Å². The van der Waals surface area contributed by atoms with E-state index in [0.717, 1.165) is 19.3 Å². The predicted octanol–water partition coefficient (Wildman–Crippen LogP) is 3.87. The second-order valence-electron chi connectivity index (χ2n) is 7.18. The molecule has 2 aromatic rings. The maximum absolute atomic E-state index is 12.7. The van der Waals surface area contributed by atoms with Crippen molar-refractivity contribution in [3.8, 4) is 11.8 Å². The summed E-state index contributed by atoms with van der Waals surface area (Å²) in [5.74, 6) is 1.05. The summed E-state index contributed by atoms with van der Waals surface area (Å²) >= 11 is 7.41. The number of carbonyl (C=O) groups excluding carboxylic acids is 1. The second-order valence-corrected chi connectivity index (χ2v) is 8.90. The van der Waals surface area contributed by atoms with Gasteiger partial charge in [0.05, 0.1) is 16.3 Å². The van der Waals surface area contributed by atoms with Gasteiger partial charge in [0.25, 0.3) is 0 Å². The Labute approximate surface area is 179 Å². The fourth-order valence-electron chi connectivity index (χ4n) is 3.25. The molecular formula is C20H24ClN5O2S. The SMILES string of the molecule is CC(Sc1nnc(COc2ccccc2Cl)n1C)C(=O)NC1(C#N)CCCCC1. The number of carbonyl (C=O) groups is 1. The van der Waals surface area contributed by atoms with Gasteiger partial charge in [-0.2, -0.15) is 5.26 Å². The number of aromatic nitrogens is 3. The first kappa shape index (κ1) is 21.5. The first-order valence-corrected chi connectivity index (χ1v) is 10.9. The van der Waals surface area contributed by atoms with E-state index in [2.05, 4.69) is 21.6 Å². The highest BCUT2D eigenvalue weighted by Crippen LogP contribution is 2.29. The van der Waals surface area contributed by atoms with Crippen molar-refractivity contribution >= 4 is 29.3 Å². The van der Waals surface area contributed by atoms with Gasteiger partial charge in [0, 0.05) is 7.05 Å². The van der Waals surface area contributed by atoms with Crippen molar-refractivity contribution < 1.29 is 9.53 Å². The summed E-state index contributed by atoms with van der Waals surface area (Å²) in [6.07, 6.45) is 4.46. The molecule has 1 saturated carbocycles. The van der Waals surface area contributed by atoms with Crippen molar-refractivity contribution in [3.05, 3.63) is 35.1 Å². The molecule has 1 fully saturated rings. The van der Waals surface area contributed by atoms with Crippen molar-refractivity contribution in [2.75, 3.05) is 0 Å². The summed E-state index contributed by atoms with van der Waals surface area (Å²) in [4.78, 5) is 12.7. The number of benzene rings is 1. The second kappa shape index (κ2) is 9.51. The van der Waals surface area contributed by atoms with E-state index in [1.54, 1.807) is 16.7 Å². The Morgan fingerprint density at radius 3 is 2.79 bits per heavy atom. The third-order valence-electron chi connectivity index (χ3n) is 5.05. The van der Waals surface area contributed by atoms with Crippen LogP contribution in [0, 0.1) is 11.3 Å². The van der Waals surface area contributed by atoms with Crippen LogP contribution in [0.4, 0.5) is 0 Å². The van der Waals surface area contributed by atoms with E-state index >= 15 is 0 Å². The molecule has 1 aliphatic carbocycles. The average Bonchev–Trinajstić information content (AvgIpc) is 3.07. The van der Waals surface area contributed by atoms with Crippen LogP contribution in [0.15, 0.2) is 29.4 Å². The third kappa shape index (κ3) is 5.22. The quantitative estimate of drug-likeness (QED) is 0.666. The van der Waals surface area contributed by atoms with Crippen LogP contribution in [0.5, 0.6) is 5.75 Å². The summed E-state index contributed by atoms with van der Waals surface area (Å²) in [6.45, 7) is 2.02. The van der Waals surface area contributed by atoms with Crippen LogP contribution in [-0.4, -0.2) is 31.5 Å². The summed E-state index contributed by atoms with van der Waals surface area (Å²) in [5.41, 5.74) is -0.738. The van der Waals surface area contributed by atoms with Crippen LogP contribution < -0.4 is 10.1 Å². The van der Waals surface area contributed by atoms with Gasteiger partial charge in [0.2, 0.25) is 5.91 Å². The zero-order valence-electron chi connectivity index (χ0n) is 16.5. The number of hydrogen-bond acceptors (Lipinski definition) is 6. The van der Waals surface area contributed by atoms with Crippen molar-refractivity contribution in [2.24, 2.45) is 7.05 Å². The van der Waals surface area contributed by atoms with Gasteiger partial charge >= 0.3 is 0 Å². The zero-order valence-corrected chi connectivity index (χ0v) is 18.1. The Morgan fingerprint density at radius 1 is 1.38 bits per heavy atom. The standard InChI is InChI=1S/C20H24ClN5O2S/c1-14(18(27)23-20(13-22)10-6-3-7-11-20)29-19-25-24-17(26(19)2)12-28-16-9-5-4-8-15(16)21/h4-5,8-9,14H,3,6-7,10-12H2,1-2H3,(H,23,27). The normalized spacial score (nSPS) is 16.6. The lowest BCUT2D eigenvalue weighted by molar-refractivity contribution is -0.121. The molecule has 1 amide bonds. The first-order valence-electron chi connectivity index (χ1n) is 9.60. The lowest BCUT2D eigenvalue weighted by Crippen LogP contribution is -2.50. The van der Waals surface area contributed by atoms with Gasteiger partial charge in [0.15, 0.2) is 11.0 Å². The van der Waals surface area contributed by atoms with Gasteiger partial charge in [-0.3, -0.25) is 4.79 Å². The van der Waals surface area contributed by atoms with E-state index in [1.165, 1.54) is 11.8 Å². The fraction of sp³-hybridized carbons (Fsp3) is 0.500. The maximum atomic E-state index is 12.7. The van der Waals surface area contributed by atoms with Gasteiger partial charge in [-0.15, -0.1) is 10.2 Å². The minimum Gasteiger partial charge on any atom is -0.484 e. The van der Waals surface area contributed by atoms with Crippen LogP contribution in [0.25, 0.3) is 0 Å². The number of thioether (sulfide) groups is 1. The molecule has 0 bridgehead atoms. The molecular weight excluding hydrogens is 410 g/mol. The minimum atomic E-state index is -0.738. The third-order valence-corrected chi connectivity index (χ3v) is 6.50. The average molecular weight is 434 g/mol. The molecule has 9 heteroatoms. The monoisotopic (exact) mass is 433 g/mol. The first-order chi connectivity index (χ1) is 13.9. The highest BCUT2D eigenvalue weighted by Gasteiger charge is 2.35. The van der Waals surface area contributed by atoms with Gasteiger partial charge < -0.3 is 14.6 Å². The fourth-order valence-corrected chi connectivity index (χ4v) is 4.27. The molecule has 3 rings (SSSR count). The zero-order chi connectivity index (χ0) is 20.9. The molecule has 1 aromatic heterocycles. The van der Waals surface area contributed by atoms with Crippen LogP contribution in [0.3, 0.4) is 0 Å². The summed E-state index contributed by atoms with van der Waals surface area (Å²) < 4.78 is 7.52. The molecule has 0 radical (unpaired) electrons. The van der Waals surface area contributed by atoms with E-state index in [4.69, 9.17) is 16.3 Å². The number of nitrogens with zero attached hydrogens (tertiary/aromatic N) is 4. The van der Waals surface area contributed by atoms with E-state index < -0.39 is 10.8 Å². The molecule has 1 aliphatic rings. The van der Waals surface area contributed by atoms with Crippen LogP contribution in [-0.2, 0) is 18.4 Å². The van der Waals surface area contributed by atoms with Crippen LogP contribution in [0.1, 0.15) is 44.9 Å². The molecule has 7 nitrogen and oxygen atoms in total. The van der Waals surface area contributed by atoms with Crippen LogP contribution in [0.2, 0.25) is 5.02 Å². The topological polar surface area (TPSA) is 92.8 Å². The van der Waals surface area contributed by atoms with Gasteiger partial charge in [-0.1, -0.05) is 54.8 Å². The minimum absolute atomic E-state index is 0.157. The molecule has 0 saturated heterocycles. The van der Waals surface area contributed by atoms with E-state index in [0.29, 0.717) is 34.6 Å². The maximum Gasteiger partial charge on any atom is 0.234 e. The molecule has 0 spiro atoms. The van der Waals surface area contributed by atoms with Gasteiger partial charge in [-0.05, 0) is 31.9 Å². The van der Waals surface area contributed by atoms with E-state index in [1.807, 2.05) is 26.1 Å². The lowest BCUT2D eigenvalue weighted by Gasteiger charge is -2.32. The molecule has 1 aromatic carbocycles. The largest absolute Gasteiger partial charge is 0.484 e. The highest BCUT2D eigenvalue weighted by atomic mass is 35.5. The predicted molar refractivity (Wildman–Crippen MR) is 112 cm³/mol. The van der Waals surface area contributed by atoms with Crippen molar-refractivity contribution in [2.45, 2.75) is 61.6 Å². The Morgan fingerprint density at radius 2 is 2.10 bits per heavy atom. The lowest BCUT2D eigenvalue weighted by atomic mass is 9.83. The molecule has 1 heterocycles. The van der Waals surface area contributed by atoms with Gasteiger partial charge in [0.1, 0.15) is 17.9 Å². The molecule has 1 unspecified atom stereocenters. The molecule has 154 valence electrons. The number of halogens is 1. The smallest absolute Gasteiger partial charge is 0.234 e. The summed E-state index contributed by atoms with van der Waals surface area (Å²) in [7, 11) is 1.83. The summed E-state index contributed by atoms with van der Waals surface area (Å²) in [6, 6.07) is 9.55. The molecule has 0 aliphatic heterocycles. The Balaban J connectivity index is 1.59. The Hall–Kier alpha value is -2.24. The Kier molecular flexibility index (Phi) is 7.04. The Bertz CT molecular complexity index is 905. The number of ether oxygens (including phenoxy) is 1. The molecule has 1 atom stereocenters. The molecule has 1 N–H and O–H groups in total. The number of amides is 1. The molecule has 29 heavy (non-hydrogen) atoms.